The number of carbonyl (C=O) groups is 1. The van der Waals surface area contributed by atoms with Crippen LogP contribution in [0.5, 0.6) is 5.75 Å². The van der Waals surface area contributed by atoms with E-state index in [0.29, 0.717) is 33.0 Å². The highest BCUT2D eigenvalue weighted by Gasteiger charge is 2.33. The van der Waals surface area contributed by atoms with Crippen LogP contribution in [-0.2, 0) is 9.53 Å². The van der Waals surface area contributed by atoms with Gasteiger partial charge < -0.3 is 9.47 Å². The standard InChI is InChI=1S/C25H23FN2O4S/c1-4-31-19-9-7-6-8-17(19)14-20-23(29)28-22(16-10-12-18(26)13-11-16)21(24(30)32-5-2)15(3)27-25(28)33-20/h6-14,22H,4-5H2,1-3H3/t22-/m1/s1. The Morgan fingerprint density at radius 2 is 1.88 bits per heavy atom. The summed E-state index contributed by atoms with van der Waals surface area (Å²) in [6, 6.07) is 12.4. The smallest absolute Gasteiger partial charge is 0.338 e. The molecule has 2 aromatic carbocycles. The number of ether oxygens (including phenoxy) is 2. The Bertz CT molecular complexity index is 1400. The molecule has 8 heteroatoms. The van der Waals surface area contributed by atoms with Gasteiger partial charge >= 0.3 is 5.97 Å². The van der Waals surface area contributed by atoms with Gasteiger partial charge in [0.15, 0.2) is 4.80 Å². The van der Waals surface area contributed by atoms with E-state index < -0.39 is 17.8 Å². The Morgan fingerprint density at radius 3 is 2.58 bits per heavy atom. The van der Waals surface area contributed by atoms with Crippen LogP contribution in [-0.4, -0.2) is 23.8 Å². The van der Waals surface area contributed by atoms with Crippen molar-refractivity contribution in [1.29, 1.82) is 0 Å². The molecule has 2 heterocycles. The number of carbonyl (C=O) groups excluding carboxylic acids is 1. The van der Waals surface area contributed by atoms with Crippen molar-refractivity contribution in [2.24, 2.45) is 4.99 Å². The topological polar surface area (TPSA) is 69.9 Å². The summed E-state index contributed by atoms with van der Waals surface area (Å²) >= 11 is 1.23. The van der Waals surface area contributed by atoms with E-state index in [0.717, 1.165) is 5.56 Å². The number of fused-ring (bicyclic) bond motifs is 1. The van der Waals surface area contributed by atoms with Gasteiger partial charge in [-0.3, -0.25) is 9.36 Å². The lowest BCUT2D eigenvalue weighted by Crippen LogP contribution is -2.39. The van der Waals surface area contributed by atoms with E-state index in [1.165, 1.54) is 28.0 Å². The zero-order valence-electron chi connectivity index (χ0n) is 18.5. The molecule has 3 aromatic rings. The molecule has 0 N–H and O–H groups in total. The van der Waals surface area contributed by atoms with Crippen molar-refractivity contribution in [3.8, 4) is 5.75 Å². The monoisotopic (exact) mass is 466 g/mol. The van der Waals surface area contributed by atoms with Crippen molar-refractivity contribution >= 4 is 23.4 Å². The first-order valence-electron chi connectivity index (χ1n) is 10.6. The van der Waals surface area contributed by atoms with Crippen molar-refractivity contribution in [2.45, 2.75) is 26.8 Å². The molecule has 0 bridgehead atoms. The van der Waals surface area contributed by atoms with Crippen molar-refractivity contribution in [1.82, 2.24) is 4.57 Å². The minimum atomic E-state index is -0.773. The normalized spacial score (nSPS) is 15.8. The summed E-state index contributed by atoms with van der Waals surface area (Å²) in [7, 11) is 0. The molecule has 4 rings (SSSR count). The van der Waals surface area contributed by atoms with E-state index in [9.17, 15) is 14.0 Å². The van der Waals surface area contributed by atoms with Crippen molar-refractivity contribution < 1.29 is 18.7 Å². The molecular weight excluding hydrogens is 443 g/mol. The Hall–Kier alpha value is -3.52. The number of thiazole rings is 1. The summed E-state index contributed by atoms with van der Waals surface area (Å²) in [6.07, 6.45) is 1.76. The van der Waals surface area contributed by atoms with Crippen LogP contribution < -0.4 is 19.6 Å². The molecular formula is C25H23FN2O4S. The van der Waals surface area contributed by atoms with Crippen LogP contribution >= 0.6 is 11.3 Å². The SMILES string of the molecule is CCOC(=O)C1=C(C)N=c2sc(=Cc3ccccc3OCC)c(=O)n2[C@@H]1c1ccc(F)cc1. The highest BCUT2D eigenvalue weighted by Crippen LogP contribution is 2.30. The van der Waals surface area contributed by atoms with Crippen molar-refractivity contribution in [3.63, 3.8) is 0 Å². The van der Waals surface area contributed by atoms with Crippen LogP contribution in [0.4, 0.5) is 4.39 Å². The molecule has 170 valence electrons. The van der Waals surface area contributed by atoms with Crippen LogP contribution in [0.15, 0.2) is 69.6 Å². The van der Waals surface area contributed by atoms with E-state index in [1.54, 1.807) is 32.1 Å². The molecule has 6 nitrogen and oxygen atoms in total. The van der Waals surface area contributed by atoms with Gasteiger partial charge in [-0.15, -0.1) is 0 Å². The van der Waals surface area contributed by atoms with E-state index >= 15 is 0 Å². The number of aromatic nitrogens is 1. The van der Waals surface area contributed by atoms with Gasteiger partial charge in [0.05, 0.1) is 35.1 Å². The van der Waals surface area contributed by atoms with Crippen LogP contribution in [0.2, 0.25) is 0 Å². The zero-order chi connectivity index (χ0) is 23.5. The van der Waals surface area contributed by atoms with Gasteiger partial charge in [-0.05, 0) is 50.6 Å². The molecule has 1 aromatic heterocycles. The third kappa shape index (κ3) is 4.39. The van der Waals surface area contributed by atoms with Gasteiger partial charge in [0.2, 0.25) is 0 Å². The van der Waals surface area contributed by atoms with Gasteiger partial charge in [-0.1, -0.05) is 41.7 Å². The number of hydrogen-bond donors (Lipinski definition) is 0. The van der Waals surface area contributed by atoms with Gasteiger partial charge in [0.1, 0.15) is 11.6 Å². The number of para-hydroxylation sites is 1. The number of rotatable bonds is 6. The molecule has 1 aliphatic rings. The summed E-state index contributed by atoms with van der Waals surface area (Å²) < 4.78 is 26.5. The third-order valence-corrected chi connectivity index (χ3v) is 6.19. The highest BCUT2D eigenvalue weighted by atomic mass is 32.1. The lowest BCUT2D eigenvalue weighted by molar-refractivity contribution is -0.139. The first-order valence-corrected chi connectivity index (χ1v) is 11.4. The molecule has 33 heavy (non-hydrogen) atoms. The summed E-state index contributed by atoms with van der Waals surface area (Å²) in [5.74, 6) is -0.287. The van der Waals surface area contributed by atoms with E-state index in [1.807, 2.05) is 31.2 Å². The predicted octanol–water partition coefficient (Wildman–Crippen LogP) is 3.34. The van der Waals surface area contributed by atoms with Crippen LogP contribution in [0.3, 0.4) is 0 Å². The molecule has 0 saturated heterocycles. The fourth-order valence-corrected chi connectivity index (χ4v) is 4.82. The Morgan fingerprint density at radius 1 is 1.15 bits per heavy atom. The summed E-state index contributed by atoms with van der Waals surface area (Å²) in [5.41, 5.74) is 1.79. The first kappa shape index (κ1) is 22.7. The third-order valence-electron chi connectivity index (χ3n) is 5.21. The molecule has 0 aliphatic carbocycles. The molecule has 1 atom stereocenters. The van der Waals surface area contributed by atoms with Gasteiger partial charge in [0, 0.05) is 5.56 Å². The first-order chi connectivity index (χ1) is 15.9. The summed E-state index contributed by atoms with van der Waals surface area (Å²) in [4.78, 5) is 31.4. The predicted molar refractivity (Wildman–Crippen MR) is 124 cm³/mol. The molecule has 0 spiro atoms. The fraction of sp³-hybridized carbons (Fsp3) is 0.240. The maximum atomic E-state index is 13.6. The van der Waals surface area contributed by atoms with Crippen molar-refractivity contribution in [2.75, 3.05) is 13.2 Å². The molecule has 0 radical (unpaired) electrons. The zero-order valence-corrected chi connectivity index (χ0v) is 19.3. The molecule has 0 fully saturated rings. The number of nitrogens with zero attached hydrogens (tertiary/aromatic N) is 2. The maximum Gasteiger partial charge on any atom is 0.338 e. The second kappa shape index (κ2) is 9.54. The van der Waals surface area contributed by atoms with Crippen LogP contribution in [0.1, 0.15) is 37.9 Å². The highest BCUT2D eigenvalue weighted by molar-refractivity contribution is 7.07. The largest absolute Gasteiger partial charge is 0.493 e. The second-order valence-electron chi connectivity index (χ2n) is 7.32. The van der Waals surface area contributed by atoms with Crippen LogP contribution in [0.25, 0.3) is 6.08 Å². The van der Waals surface area contributed by atoms with Gasteiger partial charge in [-0.25, -0.2) is 14.2 Å². The van der Waals surface area contributed by atoms with E-state index in [4.69, 9.17) is 9.47 Å². The lowest BCUT2D eigenvalue weighted by atomic mass is 9.96. The molecule has 0 unspecified atom stereocenters. The Labute approximate surface area is 193 Å². The number of esters is 1. The van der Waals surface area contributed by atoms with Gasteiger partial charge in [0.25, 0.3) is 5.56 Å². The number of allylic oxidation sites excluding steroid dienone is 1. The average molecular weight is 467 g/mol. The van der Waals surface area contributed by atoms with Gasteiger partial charge in [-0.2, -0.15) is 0 Å². The minimum Gasteiger partial charge on any atom is -0.493 e. The maximum absolute atomic E-state index is 13.6. The van der Waals surface area contributed by atoms with Crippen molar-refractivity contribution in [3.05, 3.63) is 96.4 Å². The van der Waals surface area contributed by atoms with E-state index in [2.05, 4.69) is 4.99 Å². The molecule has 1 aliphatic heterocycles. The van der Waals surface area contributed by atoms with E-state index in [-0.39, 0.29) is 17.7 Å². The number of benzene rings is 2. The summed E-state index contributed by atoms with van der Waals surface area (Å²) in [5, 5.41) is 0. The minimum absolute atomic E-state index is 0.185. The molecule has 0 saturated carbocycles. The Balaban J connectivity index is 1.95. The quantitative estimate of drug-likeness (QED) is 0.523. The lowest BCUT2D eigenvalue weighted by Gasteiger charge is -2.24. The number of hydrogen-bond acceptors (Lipinski definition) is 6. The summed E-state index contributed by atoms with van der Waals surface area (Å²) in [6.45, 7) is 6.01. The number of halogens is 1. The fourth-order valence-electron chi connectivity index (χ4n) is 3.78. The molecule has 0 amide bonds. The Kier molecular flexibility index (Phi) is 6.55. The van der Waals surface area contributed by atoms with Crippen LogP contribution in [0, 0.1) is 5.82 Å². The second-order valence-corrected chi connectivity index (χ2v) is 8.33. The average Bonchev–Trinajstić information content (AvgIpc) is 3.09.